The molecule has 0 spiro atoms. The number of carbonyl (C=O) groups is 2. The molecule has 0 atom stereocenters. The topological polar surface area (TPSA) is 72.8 Å². The van der Waals surface area contributed by atoms with E-state index < -0.39 is 11.8 Å². The molecule has 4 aromatic carbocycles. The van der Waals surface area contributed by atoms with Crippen LogP contribution in [0.15, 0.2) is 103 Å². The van der Waals surface area contributed by atoms with Gasteiger partial charge in [0.25, 0.3) is 11.8 Å². The first-order valence-corrected chi connectivity index (χ1v) is 13.8. The predicted molar refractivity (Wildman–Crippen MR) is 168 cm³/mol. The average Bonchev–Trinajstić information content (AvgIpc) is 3.25. The van der Waals surface area contributed by atoms with Crippen LogP contribution in [0.3, 0.4) is 0 Å². The van der Waals surface area contributed by atoms with Gasteiger partial charge in [-0.2, -0.15) is 0 Å². The third-order valence-corrected chi connectivity index (χ3v) is 7.60. The molecule has 1 aliphatic rings. The lowest BCUT2D eigenvalue weighted by molar-refractivity contribution is -0.122. The normalized spacial score (nSPS) is 14.4. The van der Waals surface area contributed by atoms with Crippen molar-refractivity contribution in [2.45, 2.75) is 13.8 Å². The lowest BCUT2D eigenvalue weighted by Gasteiger charge is -2.29. The van der Waals surface area contributed by atoms with Gasteiger partial charge < -0.3 is 14.0 Å². The number of hydrogen-bond donors (Lipinski definition) is 1. The summed E-state index contributed by atoms with van der Waals surface area (Å²) in [6, 6.07) is 30.0. The molecule has 0 saturated carbocycles. The molecule has 7 nitrogen and oxygen atoms in total. The maximum Gasteiger partial charge on any atom is 0.270 e. The van der Waals surface area contributed by atoms with Gasteiger partial charge in [-0.05, 0) is 91.8 Å². The van der Waals surface area contributed by atoms with Crippen LogP contribution in [-0.2, 0) is 16.6 Å². The zero-order valence-electron chi connectivity index (χ0n) is 23.3. The second kappa shape index (κ2) is 11.0. The number of aromatic nitrogens is 1. The van der Waals surface area contributed by atoms with Gasteiger partial charge in [-0.3, -0.25) is 19.8 Å². The first-order valence-electron chi connectivity index (χ1n) is 13.4. The molecule has 2 heterocycles. The molecule has 0 unspecified atom stereocenters. The lowest BCUT2D eigenvalue weighted by Crippen LogP contribution is -2.54. The SMILES string of the molecule is Cc1cccc(Oc2c(C=C3C(=O)NC(=S)N(c4ccc(Oc5ccccc5)cc4)C3=O)c3ccccc3n2C)c1C. The van der Waals surface area contributed by atoms with Gasteiger partial charge in [0, 0.05) is 18.0 Å². The molecule has 8 heteroatoms. The van der Waals surface area contributed by atoms with E-state index in [9.17, 15) is 9.59 Å². The number of rotatable bonds is 6. The van der Waals surface area contributed by atoms with Gasteiger partial charge in [0.2, 0.25) is 5.88 Å². The number of nitrogens with zero attached hydrogens (tertiary/aromatic N) is 2. The van der Waals surface area contributed by atoms with Crippen LogP contribution in [0.1, 0.15) is 16.7 Å². The summed E-state index contributed by atoms with van der Waals surface area (Å²) in [5.74, 6) is 1.40. The summed E-state index contributed by atoms with van der Waals surface area (Å²) in [7, 11) is 1.90. The monoisotopic (exact) mass is 573 g/mol. The van der Waals surface area contributed by atoms with Crippen molar-refractivity contribution in [3.63, 3.8) is 0 Å². The molecular formula is C34H27N3O4S. The van der Waals surface area contributed by atoms with Gasteiger partial charge in [-0.25, -0.2) is 0 Å². The standard InChI is InChI=1S/C34H27N3O4S/c1-21-10-9-15-30(22(21)2)41-33-27(26-13-7-8-14-29(26)36(33)3)20-28-31(38)35-34(42)37(32(28)39)23-16-18-25(19-17-23)40-24-11-5-4-6-12-24/h4-20H,1-3H3,(H,35,38,42). The van der Waals surface area contributed by atoms with E-state index in [1.54, 1.807) is 30.3 Å². The minimum Gasteiger partial charge on any atom is -0.457 e. The Hall–Kier alpha value is -5.21. The van der Waals surface area contributed by atoms with Crippen LogP contribution >= 0.6 is 12.2 Å². The first-order chi connectivity index (χ1) is 20.3. The second-order valence-corrected chi connectivity index (χ2v) is 10.3. The van der Waals surface area contributed by atoms with Crippen LogP contribution in [0.2, 0.25) is 0 Å². The fourth-order valence-corrected chi connectivity index (χ4v) is 5.21. The summed E-state index contributed by atoms with van der Waals surface area (Å²) in [5, 5.41) is 3.52. The summed E-state index contributed by atoms with van der Waals surface area (Å²) in [6.07, 6.45) is 1.59. The van der Waals surface area contributed by atoms with Gasteiger partial charge in [-0.1, -0.05) is 48.5 Å². The van der Waals surface area contributed by atoms with Crippen molar-refractivity contribution < 1.29 is 19.1 Å². The molecule has 1 aromatic heterocycles. The van der Waals surface area contributed by atoms with Gasteiger partial charge in [0.1, 0.15) is 22.8 Å². The number of carbonyl (C=O) groups excluding carboxylic acids is 2. The zero-order valence-corrected chi connectivity index (χ0v) is 24.1. The third kappa shape index (κ3) is 4.93. The molecule has 0 radical (unpaired) electrons. The molecule has 42 heavy (non-hydrogen) atoms. The van der Waals surface area contributed by atoms with Crippen molar-refractivity contribution >= 4 is 51.8 Å². The Kier molecular flexibility index (Phi) is 7.06. The predicted octanol–water partition coefficient (Wildman–Crippen LogP) is 7.21. The Bertz CT molecular complexity index is 1890. The Morgan fingerprint density at radius 2 is 1.48 bits per heavy atom. The molecular weight excluding hydrogens is 546 g/mol. The maximum atomic E-state index is 13.9. The highest BCUT2D eigenvalue weighted by Gasteiger charge is 2.35. The molecule has 2 amide bonds. The van der Waals surface area contributed by atoms with Crippen molar-refractivity contribution in [3.8, 4) is 23.1 Å². The number of amides is 2. The van der Waals surface area contributed by atoms with E-state index in [1.165, 1.54) is 4.90 Å². The van der Waals surface area contributed by atoms with Crippen LogP contribution in [0.25, 0.3) is 17.0 Å². The molecule has 1 fully saturated rings. The van der Waals surface area contributed by atoms with E-state index in [0.717, 1.165) is 22.0 Å². The molecule has 5 aromatic rings. The Morgan fingerprint density at radius 3 is 2.24 bits per heavy atom. The van der Waals surface area contributed by atoms with E-state index in [2.05, 4.69) is 5.32 Å². The number of aryl methyl sites for hydroxylation is 2. The zero-order chi connectivity index (χ0) is 29.4. The van der Waals surface area contributed by atoms with Gasteiger partial charge in [-0.15, -0.1) is 0 Å². The van der Waals surface area contributed by atoms with E-state index >= 15 is 0 Å². The number of fused-ring (bicyclic) bond motifs is 1. The number of para-hydroxylation sites is 2. The third-order valence-electron chi connectivity index (χ3n) is 7.32. The number of anilines is 1. The van der Waals surface area contributed by atoms with Crippen LogP contribution in [0.5, 0.6) is 23.1 Å². The smallest absolute Gasteiger partial charge is 0.270 e. The number of thiocarbonyl (C=S) groups is 1. The van der Waals surface area contributed by atoms with E-state index in [0.29, 0.717) is 34.4 Å². The van der Waals surface area contributed by atoms with Gasteiger partial charge >= 0.3 is 0 Å². The molecule has 1 saturated heterocycles. The molecule has 6 rings (SSSR count). The molecule has 1 N–H and O–H groups in total. The summed E-state index contributed by atoms with van der Waals surface area (Å²) < 4.78 is 14.3. The lowest BCUT2D eigenvalue weighted by atomic mass is 10.1. The summed E-state index contributed by atoms with van der Waals surface area (Å²) in [4.78, 5) is 28.4. The van der Waals surface area contributed by atoms with Crippen LogP contribution < -0.4 is 19.7 Å². The Morgan fingerprint density at radius 1 is 0.786 bits per heavy atom. The fraction of sp³-hybridized carbons (Fsp3) is 0.0882. The number of benzene rings is 4. The Labute approximate surface area is 248 Å². The molecule has 1 aliphatic heterocycles. The van der Waals surface area contributed by atoms with Crippen molar-refractivity contribution in [3.05, 3.63) is 119 Å². The van der Waals surface area contributed by atoms with Crippen molar-refractivity contribution in [1.82, 2.24) is 9.88 Å². The quantitative estimate of drug-likeness (QED) is 0.132. The highest BCUT2D eigenvalue weighted by atomic mass is 32.1. The van der Waals surface area contributed by atoms with Crippen molar-refractivity contribution in [2.24, 2.45) is 7.05 Å². The number of hydrogen-bond acceptors (Lipinski definition) is 5. The van der Waals surface area contributed by atoms with E-state index in [1.807, 2.05) is 98.3 Å². The average molecular weight is 574 g/mol. The molecule has 0 bridgehead atoms. The van der Waals surface area contributed by atoms with Crippen LogP contribution in [0.4, 0.5) is 5.69 Å². The maximum absolute atomic E-state index is 13.9. The van der Waals surface area contributed by atoms with E-state index in [4.69, 9.17) is 21.7 Å². The molecule has 208 valence electrons. The number of nitrogens with one attached hydrogen (secondary N) is 1. The molecule has 0 aliphatic carbocycles. The summed E-state index contributed by atoms with van der Waals surface area (Å²) in [5.41, 5.74) is 4.06. The van der Waals surface area contributed by atoms with Crippen molar-refractivity contribution in [2.75, 3.05) is 4.90 Å². The van der Waals surface area contributed by atoms with Gasteiger partial charge in [0.05, 0.1) is 11.2 Å². The minimum atomic E-state index is -0.573. The van der Waals surface area contributed by atoms with Crippen LogP contribution in [-0.4, -0.2) is 21.5 Å². The van der Waals surface area contributed by atoms with E-state index in [-0.39, 0.29) is 10.7 Å². The van der Waals surface area contributed by atoms with Crippen LogP contribution in [0, 0.1) is 13.8 Å². The number of ether oxygens (including phenoxy) is 2. The second-order valence-electron chi connectivity index (χ2n) is 9.96. The van der Waals surface area contributed by atoms with Crippen molar-refractivity contribution in [1.29, 1.82) is 0 Å². The van der Waals surface area contributed by atoms with Gasteiger partial charge in [0.15, 0.2) is 5.11 Å². The highest BCUT2D eigenvalue weighted by molar-refractivity contribution is 7.80. The summed E-state index contributed by atoms with van der Waals surface area (Å²) >= 11 is 5.42. The minimum absolute atomic E-state index is 0.00339. The highest BCUT2D eigenvalue weighted by Crippen LogP contribution is 2.38. The Balaban J connectivity index is 1.39. The summed E-state index contributed by atoms with van der Waals surface area (Å²) in [6.45, 7) is 4.02. The fourth-order valence-electron chi connectivity index (χ4n) is 4.93. The largest absolute Gasteiger partial charge is 0.457 e. The first kappa shape index (κ1) is 27.0.